The molecule has 2 heterocycles. The summed E-state index contributed by atoms with van der Waals surface area (Å²) in [6.45, 7) is 3.89. The molecule has 4 rings (SSSR count). The third-order valence-corrected chi connectivity index (χ3v) is 5.70. The molecule has 2 aliphatic heterocycles. The van der Waals surface area contributed by atoms with Gasteiger partial charge >= 0.3 is 0 Å². The summed E-state index contributed by atoms with van der Waals surface area (Å²) in [7, 11) is 1.61. The average molecular weight is 390 g/mol. The lowest BCUT2D eigenvalue weighted by Crippen LogP contribution is -2.37. The molecule has 0 unspecified atom stereocenters. The molecule has 5 heteroatoms. The molecule has 5 nitrogen and oxygen atoms in total. The van der Waals surface area contributed by atoms with E-state index < -0.39 is 0 Å². The molecule has 2 amide bonds. The fourth-order valence-electron chi connectivity index (χ4n) is 4.08. The number of carbonyl (C=O) groups excluding carboxylic acids is 2. The number of fused-ring (bicyclic) bond motifs is 1. The Labute approximate surface area is 171 Å². The molecule has 0 N–H and O–H groups in total. The van der Waals surface area contributed by atoms with Gasteiger partial charge in [0.15, 0.2) is 0 Å². The van der Waals surface area contributed by atoms with E-state index in [1.54, 1.807) is 7.11 Å². The number of carbonyl (C=O) groups is 2. The zero-order valence-corrected chi connectivity index (χ0v) is 17.0. The van der Waals surface area contributed by atoms with Crippen molar-refractivity contribution >= 4 is 17.4 Å². The summed E-state index contributed by atoms with van der Waals surface area (Å²) in [5, 5.41) is 0. The molecule has 0 spiro atoms. The first-order chi connectivity index (χ1) is 14.1. The molecule has 0 atom stereocenters. The minimum absolute atomic E-state index is 0.173. The van der Waals surface area contributed by atoms with Gasteiger partial charge in [-0.1, -0.05) is 49.7 Å². The van der Waals surface area contributed by atoms with Crippen LogP contribution in [0.25, 0.3) is 5.57 Å². The van der Waals surface area contributed by atoms with Crippen molar-refractivity contribution in [3.05, 3.63) is 70.9 Å². The lowest BCUT2D eigenvalue weighted by Gasteiger charge is -2.31. The fraction of sp³-hybridized carbons (Fsp3) is 0.333. The molecule has 0 aliphatic carbocycles. The lowest BCUT2D eigenvalue weighted by molar-refractivity contribution is -0.137. The van der Waals surface area contributed by atoms with E-state index in [2.05, 4.69) is 24.0 Å². The first-order valence-electron chi connectivity index (χ1n) is 10.2. The van der Waals surface area contributed by atoms with E-state index >= 15 is 0 Å². The SMILES string of the molecule is CCCCN1C(=O)C(c2ccc(OC)cc2)=C(N2CCc3ccccc3C2)C1=O. The predicted octanol–water partition coefficient (Wildman–Crippen LogP) is 3.63. The van der Waals surface area contributed by atoms with E-state index in [1.807, 2.05) is 36.4 Å². The second-order valence-corrected chi connectivity index (χ2v) is 7.51. The van der Waals surface area contributed by atoms with Crippen molar-refractivity contribution in [2.45, 2.75) is 32.7 Å². The summed E-state index contributed by atoms with van der Waals surface area (Å²) < 4.78 is 5.25. The number of imide groups is 1. The zero-order valence-electron chi connectivity index (χ0n) is 17.0. The van der Waals surface area contributed by atoms with Gasteiger partial charge in [-0.05, 0) is 41.7 Å². The van der Waals surface area contributed by atoms with Gasteiger partial charge in [0.05, 0.1) is 12.7 Å². The van der Waals surface area contributed by atoms with Gasteiger partial charge in [0.25, 0.3) is 11.8 Å². The van der Waals surface area contributed by atoms with Crippen LogP contribution in [0.5, 0.6) is 5.75 Å². The van der Waals surface area contributed by atoms with Crippen LogP contribution in [0.15, 0.2) is 54.2 Å². The van der Waals surface area contributed by atoms with Crippen LogP contribution in [0.4, 0.5) is 0 Å². The van der Waals surface area contributed by atoms with Crippen LogP contribution < -0.4 is 4.74 Å². The summed E-state index contributed by atoms with van der Waals surface area (Å²) in [6, 6.07) is 15.7. The Balaban J connectivity index is 1.75. The number of rotatable bonds is 6. The number of hydrogen-bond donors (Lipinski definition) is 0. The fourth-order valence-corrected chi connectivity index (χ4v) is 4.08. The average Bonchev–Trinajstić information content (AvgIpc) is 3.01. The second kappa shape index (κ2) is 8.11. The Morgan fingerprint density at radius 3 is 2.38 bits per heavy atom. The molecule has 0 saturated carbocycles. The standard InChI is InChI=1S/C24H26N2O3/c1-3-4-14-26-23(27)21(18-9-11-20(29-2)12-10-18)22(24(26)28)25-15-13-17-7-5-6-8-19(17)16-25/h5-12H,3-4,13-16H2,1-2H3. The molecule has 29 heavy (non-hydrogen) atoms. The molecule has 0 radical (unpaired) electrons. The van der Waals surface area contributed by atoms with Gasteiger partial charge in [0.1, 0.15) is 11.4 Å². The highest BCUT2D eigenvalue weighted by molar-refractivity contribution is 6.35. The zero-order chi connectivity index (χ0) is 20.4. The first kappa shape index (κ1) is 19.2. The van der Waals surface area contributed by atoms with E-state index in [0.717, 1.165) is 37.1 Å². The number of benzene rings is 2. The number of amides is 2. The van der Waals surface area contributed by atoms with E-state index in [0.29, 0.717) is 24.4 Å². The minimum Gasteiger partial charge on any atom is -0.497 e. The van der Waals surface area contributed by atoms with Crippen molar-refractivity contribution < 1.29 is 14.3 Å². The van der Waals surface area contributed by atoms with Gasteiger partial charge in [0, 0.05) is 19.6 Å². The largest absolute Gasteiger partial charge is 0.497 e. The van der Waals surface area contributed by atoms with Crippen LogP contribution in [0.1, 0.15) is 36.5 Å². The van der Waals surface area contributed by atoms with Crippen molar-refractivity contribution in [2.75, 3.05) is 20.2 Å². The Morgan fingerprint density at radius 2 is 1.69 bits per heavy atom. The van der Waals surface area contributed by atoms with Crippen molar-refractivity contribution in [1.82, 2.24) is 9.80 Å². The minimum atomic E-state index is -0.192. The summed E-state index contributed by atoms with van der Waals surface area (Å²) in [5.74, 6) is 0.360. The molecule has 150 valence electrons. The van der Waals surface area contributed by atoms with Crippen LogP contribution in [0.3, 0.4) is 0 Å². The molecule has 2 aromatic rings. The van der Waals surface area contributed by atoms with Crippen molar-refractivity contribution in [2.24, 2.45) is 0 Å². The number of unbranched alkanes of at least 4 members (excludes halogenated alkanes) is 1. The summed E-state index contributed by atoms with van der Waals surface area (Å²) in [5.41, 5.74) is 4.33. The molecule has 0 bridgehead atoms. The Kier molecular flexibility index (Phi) is 5.38. The van der Waals surface area contributed by atoms with E-state index in [4.69, 9.17) is 4.74 Å². The number of hydrogen-bond acceptors (Lipinski definition) is 4. The number of nitrogens with zero attached hydrogens (tertiary/aromatic N) is 2. The van der Waals surface area contributed by atoms with E-state index in [9.17, 15) is 9.59 Å². The molecular weight excluding hydrogens is 364 g/mol. The summed E-state index contributed by atoms with van der Waals surface area (Å²) >= 11 is 0. The monoisotopic (exact) mass is 390 g/mol. The Morgan fingerprint density at radius 1 is 0.966 bits per heavy atom. The van der Waals surface area contributed by atoms with Crippen LogP contribution in [0.2, 0.25) is 0 Å². The van der Waals surface area contributed by atoms with Crippen LogP contribution in [-0.2, 0) is 22.6 Å². The van der Waals surface area contributed by atoms with Crippen molar-refractivity contribution in [3.63, 3.8) is 0 Å². The topological polar surface area (TPSA) is 49.9 Å². The van der Waals surface area contributed by atoms with Gasteiger partial charge in [-0.2, -0.15) is 0 Å². The van der Waals surface area contributed by atoms with E-state index in [1.165, 1.54) is 16.0 Å². The lowest BCUT2D eigenvalue weighted by atomic mass is 9.98. The van der Waals surface area contributed by atoms with Crippen LogP contribution >= 0.6 is 0 Å². The maximum atomic E-state index is 13.3. The van der Waals surface area contributed by atoms with Crippen LogP contribution in [0, 0.1) is 0 Å². The Hall–Kier alpha value is -3.08. The quantitative estimate of drug-likeness (QED) is 0.707. The molecule has 0 aromatic heterocycles. The highest BCUT2D eigenvalue weighted by Gasteiger charge is 2.41. The van der Waals surface area contributed by atoms with Crippen molar-refractivity contribution in [1.29, 1.82) is 0 Å². The Bertz CT molecular complexity index is 962. The number of methoxy groups -OCH3 is 1. The summed E-state index contributed by atoms with van der Waals surface area (Å²) in [6.07, 6.45) is 2.61. The summed E-state index contributed by atoms with van der Waals surface area (Å²) in [4.78, 5) is 30.1. The van der Waals surface area contributed by atoms with Crippen molar-refractivity contribution in [3.8, 4) is 5.75 Å². The number of ether oxygens (including phenoxy) is 1. The highest BCUT2D eigenvalue weighted by Crippen LogP contribution is 2.35. The second-order valence-electron chi connectivity index (χ2n) is 7.51. The van der Waals surface area contributed by atoms with E-state index in [-0.39, 0.29) is 11.8 Å². The molecule has 0 saturated heterocycles. The third kappa shape index (κ3) is 3.53. The van der Waals surface area contributed by atoms with Gasteiger partial charge in [-0.25, -0.2) is 0 Å². The predicted molar refractivity (Wildman–Crippen MR) is 112 cm³/mol. The van der Waals surface area contributed by atoms with Gasteiger partial charge < -0.3 is 9.64 Å². The van der Waals surface area contributed by atoms with Gasteiger partial charge in [-0.3, -0.25) is 14.5 Å². The molecular formula is C24H26N2O3. The van der Waals surface area contributed by atoms with Gasteiger partial charge in [-0.15, -0.1) is 0 Å². The third-order valence-electron chi connectivity index (χ3n) is 5.70. The molecule has 2 aliphatic rings. The maximum Gasteiger partial charge on any atom is 0.277 e. The van der Waals surface area contributed by atoms with Crippen LogP contribution in [-0.4, -0.2) is 41.8 Å². The molecule has 2 aromatic carbocycles. The molecule has 0 fully saturated rings. The normalized spacial score (nSPS) is 16.5. The maximum absolute atomic E-state index is 13.3. The smallest absolute Gasteiger partial charge is 0.277 e. The highest BCUT2D eigenvalue weighted by atomic mass is 16.5. The van der Waals surface area contributed by atoms with Gasteiger partial charge in [0.2, 0.25) is 0 Å². The first-order valence-corrected chi connectivity index (χ1v) is 10.2.